The summed E-state index contributed by atoms with van der Waals surface area (Å²) in [5.74, 6) is -23.3. The normalized spacial score (nSPS) is 18.0. The topological polar surface area (TPSA) is 804 Å². The number of carboxylic acid groups (broad SMARTS) is 2. The molecule has 18 atom stereocenters. The Balaban J connectivity index is 1.25. The quantitative estimate of drug-likeness (QED) is 0.0166. The highest BCUT2D eigenvalue weighted by molar-refractivity contribution is 6.02. The number of benzene rings is 1. The summed E-state index contributed by atoms with van der Waals surface area (Å²) in [5.41, 5.74) is 17.2. The van der Waals surface area contributed by atoms with Crippen LogP contribution in [0.2, 0.25) is 0 Å². The Hall–Kier alpha value is -13.3. The van der Waals surface area contributed by atoms with Crippen molar-refractivity contribution in [3.05, 3.63) is 48.0 Å². The zero-order chi connectivity index (χ0) is 101. The van der Waals surface area contributed by atoms with Crippen molar-refractivity contribution in [1.29, 1.82) is 5.41 Å². The van der Waals surface area contributed by atoms with Gasteiger partial charge in [0.15, 0.2) is 5.96 Å². The van der Waals surface area contributed by atoms with Crippen LogP contribution in [0.5, 0.6) is 5.75 Å². The molecule has 51 nitrogen and oxygen atoms in total. The molecule has 0 radical (unpaired) electrons. The van der Waals surface area contributed by atoms with E-state index in [4.69, 9.17) is 22.6 Å². The summed E-state index contributed by atoms with van der Waals surface area (Å²) in [6.07, 6.45) is -1.04. The summed E-state index contributed by atoms with van der Waals surface area (Å²) < 4.78 is 0. The number of aromatic amines is 1. The highest BCUT2D eigenvalue weighted by Crippen LogP contribution is 2.25. The van der Waals surface area contributed by atoms with E-state index in [-0.39, 0.29) is 121 Å². The van der Waals surface area contributed by atoms with Crippen molar-refractivity contribution in [1.82, 2.24) is 104 Å². The molecule has 5 rings (SSSR count). The highest BCUT2D eigenvalue weighted by atomic mass is 16.4. The number of aliphatic carboxylic acids is 2. The number of aromatic nitrogens is 2. The number of carbonyl (C=O) groups excluding carboxylic acids is 18. The maximum absolute atomic E-state index is 15.0. The molecule has 3 fully saturated rings. The molecule has 3 aliphatic heterocycles. The molecule has 0 unspecified atom stereocenters. The van der Waals surface area contributed by atoms with Crippen molar-refractivity contribution in [3.8, 4) is 5.75 Å². The number of hydrogen-bond acceptors (Lipinski definition) is 28. The lowest BCUT2D eigenvalue weighted by molar-refractivity contribution is -0.145. The van der Waals surface area contributed by atoms with Crippen molar-refractivity contribution in [3.63, 3.8) is 0 Å². The number of phenolic OH excluding ortho intramolecular Hbond substituents is 1. The second-order valence-electron chi connectivity index (χ2n) is 34.5. The third kappa shape index (κ3) is 35.2. The van der Waals surface area contributed by atoms with E-state index < -0.39 is 297 Å². The lowest BCUT2D eigenvalue weighted by atomic mass is 9.95. The van der Waals surface area contributed by atoms with E-state index in [9.17, 15) is 132 Å². The van der Waals surface area contributed by atoms with E-state index >= 15 is 0 Å². The fraction of sp³-hybridized carbons (Fsp3) is 0.643. The first-order chi connectivity index (χ1) is 63.6. The number of primary amides is 1. The number of aromatic hydroxyl groups is 1. The molecule has 30 N–H and O–H groups in total. The predicted octanol–water partition coefficient (Wildman–Crippen LogP) is -9.90. The summed E-state index contributed by atoms with van der Waals surface area (Å²) >= 11 is 0. The average molecular weight is 1910 g/mol. The first kappa shape index (κ1) is 112. The third-order valence-electron chi connectivity index (χ3n) is 22.8. The summed E-state index contributed by atoms with van der Waals surface area (Å²) in [5, 5.41) is 114. The number of aliphatic hydroxyl groups is 4. The van der Waals surface area contributed by atoms with Crippen molar-refractivity contribution in [2.45, 2.75) is 261 Å². The van der Waals surface area contributed by atoms with Crippen molar-refractivity contribution in [2.24, 2.45) is 40.9 Å². The van der Waals surface area contributed by atoms with Gasteiger partial charge in [-0.3, -0.25) is 96.5 Å². The second-order valence-corrected chi connectivity index (χ2v) is 34.5. The van der Waals surface area contributed by atoms with Crippen LogP contribution in [0, 0.1) is 29.1 Å². The number of nitrogens with zero attached hydrogens (tertiary/aromatic N) is 4. The van der Waals surface area contributed by atoms with Gasteiger partial charge in [-0.05, 0) is 112 Å². The number of carboxylic acids is 2. The lowest BCUT2D eigenvalue weighted by Crippen LogP contribution is -2.62. The molecule has 0 spiro atoms. The van der Waals surface area contributed by atoms with Gasteiger partial charge in [-0.15, -0.1) is 0 Å². The van der Waals surface area contributed by atoms with E-state index in [0.29, 0.717) is 5.56 Å². The Morgan fingerprint density at radius 2 is 0.933 bits per heavy atom. The highest BCUT2D eigenvalue weighted by Gasteiger charge is 2.46. The number of amides is 18. The Bertz CT molecular complexity index is 4480. The minimum absolute atomic E-state index is 0.0105. The van der Waals surface area contributed by atoms with Gasteiger partial charge in [-0.2, -0.15) is 0 Å². The molecule has 3 saturated heterocycles. The van der Waals surface area contributed by atoms with Crippen LogP contribution >= 0.6 is 0 Å². The Kier molecular flexibility index (Phi) is 45.5. The SMILES string of the molecule is CC[C@H](C)[C@H](NC(=O)[C@H](Cc1c[nH]cn1)NC(=O)[C@H](CCC(=O)O)NC(=O)[C@@H]1CCCN1C(=O)[C@@H](NC(=O)[C@H](CC(N)=O)NC(=O)[C@@H](N)C(C)C)[C@@H](C)O)C(=O)N[C@H](C(=O)N1CCC[C@H]1C(=O)N[C@@H](Cc1ccc(O)cc1)C(=O)NCC(=O)N[C@@H](CC(C)C)C(=O)NCC(=O)N[C@@H](CO)C(=O)N1CCC[C@H]1C(=O)N[C@@H](CO)C(=O)N[C@@H](CCCNC(=N)N)C(=O)N[C@@H](CO)C(=O)O)C(C)C. The Labute approximate surface area is 777 Å². The van der Waals surface area contributed by atoms with E-state index in [0.717, 1.165) is 16.7 Å². The van der Waals surface area contributed by atoms with E-state index in [1.165, 1.54) is 41.7 Å². The molecule has 1 aromatic carbocycles. The van der Waals surface area contributed by atoms with Crippen LogP contribution in [0.15, 0.2) is 36.8 Å². The molecule has 0 bridgehead atoms. The van der Waals surface area contributed by atoms with Crippen LogP contribution in [0.4, 0.5) is 0 Å². The molecule has 0 aliphatic carbocycles. The van der Waals surface area contributed by atoms with Crippen molar-refractivity contribution in [2.75, 3.05) is 59.1 Å². The molecule has 3 aliphatic rings. The second kappa shape index (κ2) is 54.8. The van der Waals surface area contributed by atoms with Crippen LogP contribution in [-0.2, 0) is 109 Å². The average Bonchev–Trinajstić information content (AvgIpc) is 1.63. The smallest absolute Gasteiger partial charge is 0.328 e. The van der Waals surface area contributed by atoms with Crippen molar-refractivity contribution < 1.29 is 132 Å². The molecule has 4 heterocycles. The maximum Gasteiger partial charge on any atom is 0.328 e. The van der Waals surface area contributed by atoms with Gasteiger partial charge in [0.2, 0.25) is 106 Å². The lowest BCUT2D eigenvalue weighted by Gasteiger charge is -2.33. The number of aliphatic hydroxyl groups excluding tert-OH is 4. The number of rotatable bonds is 55. The first-order valence-corrected chi connectivity index (χ1v) is 44.6. The zero-order valence-electron chi connectivity index (χ0n) is 76.9. The fourth-order valence-electron chi connectivity index (χ4n) is 15.0. The maximum atomic E-state index is 15.0. The molecular formula is C84H132N24O27. The van der Waals surface area contributed by atoms with Crippen molar-refractivity contribution >= 4 is 124 Å². The summed E-state index contributed by atoms with van der Waals surface area (Å²) in [4.78, 5) is 285. The molecular weight excluding hydrogens is 1780 g/mol. The van der Waals surface area contributed by atoms with Gasteiger partial charge in [0.25, 0.3) is 0 Å². The predicted molar refractivity (Wildman–Crippen MR) is 474 cm³/mol. The molecule has 135 heavy (non-hydrogen) atoms. The van der Waals surface area contributed by atoms with Gasteiger partial charge in [0.1, 0.15) is 96.4 Å². The molecule has 0 saturated carbocycles. The molecule has 750 valence electrons. The van der Waals surface area contributed by atoms with Gasteiger partial charge in [0, 0.05) is 51.6 Å². The summed E-state index contributed by atoms with van der Waals surface area (Å²) in [6, 6.07) is -19.0. The van der Waals surface area contributed by atoms with E-state index in [1.807, 2.05) is 0 Å². The standard InChI is InChI=1S/C84H132N24O27/c1-10-43(8)66(104-72(123)52(31-46-33-89-39-93-46)98-71(122)49(23-24-63(117)118)97-75(126)58-17-14-28-108(58)82(133)67(44(9)112)105-73(124)53(32-60(85)114)100-78(129)64(86)41(4)5)79(130)103-65(42(6)7)81(132)107-27-13-18-59(107)76(127)99-51(30-45-19-21-47(113)22-20-45)69(120)92-34-61(115)94-50(29-40(2)3)68(119)91-35-62(116)95-55(37-110)80(131)106-26-12-16-57(106)77(128)101-54(36-109)74(125)96-48(15-11-25-90-84(87)88)70(121)102-56(38-111)83(134)135/h19-22,33,39-44,48-59,64-67,109-113H,10-18,23-32,34-38,86H2,1-9H3,(H2,85,114)(H,89,93)(H,91,119)(H,92,120)(H,94,115)(H,95,116)(H,96,125)(H,97,126)(H,98,122)(H,99,127)(H,100,129)(H,101,128)(H,102,121)(H,103,130)(H,104,123)(H,105,124)(H,117,118)(H,134,135)(H4,87,88,90)/t43-,44+,48-,49-,50-,51-,52-,53-,54-,55-,56-,57-,58-,59-,64-,65-,66-,67-/m0/s1. The van der Waals surface area contributed by atoms with Crippen LogP contribution in [0.3, 0.4) is 0 Å². The number of guanidine groups is 1. The van der Waals surface area contributed by atoms with Gasteiger partial charge in [-0.1, -0.05) is 73.9 Å². The minimum Gasteiger partial charge on any atom is -0.508 e. The largest absolute Gasteiger partial charge is 0.508 e. The number of nitrogens with one attached hydrogen (secondary N) is 17. The van der Waals surface area contributed by atoms with Crippen LogP contribution in [0.1, 0.15) is 157 Å². The van der Waals surface area contributed by atoms with Crippen LogP contribution < -0.4 is 97.0 Å². The molecule has 51 heteroatoms. The van der Waals surface area contributed by atoms with E-state index in [1.54, 1.807) is 55.4 Å². The number of hydrogen-bond donors (Lipinski definition) is 27. The summed E-state index contributed by atoms with van der Waals surface area (Å²) in [6.45, 7) is 9.32. The van der Waals surface area contributed by atoms with E-state index in [2.05, 4.69) is 89.7 Å². The van der Waals surface area contributed by atoms with Gasteiger partial charge >= 0.3 is 11.9 Å². The first-order valence-electron chi connectivity index (χ1n) is 44.6. The Morgan fingerprint density at radius 3 is 1.41 bits per heavy atom. The Morgan fingerprint density at radius 1 is 0.489 bits per heavy atom. The monoisotopic (exact) mass is 1910 g/mol. The van der Waals surface area contributed by atoms with Gasteiger partial charge < -0.3 is 152 Å². The van der Waals surface area contributed by atoms with Crippen LogP contribution in [0.25, 0.3) is 0 Å². The number of carbonyl (C=O) groups is 20. The number of likely N-dealkylation sites (tertiary alicyclic amines) is 3. The van der Waals surface area contributed by atoms with Gasteiger partial charge in [0.05, 0.1) is 63.5 Å². The molecule has 2 aromatic rings. The third-order valence-corrected chi connectivity index (χ3v) is 22.8. The summed E-state index contributed by atoms with van der Waals surface area (Å²) in [7, 11) is 0. The number of imidazole rings is 1. The van der Waals surface area contributed by atoms with Gasteiger partial charge in [-0.25, -0.2) is 9.78 Å². The fourth-order valence-corrected chi connectivity index (χ4v) is 15.0. The zero-order valence-corrected chi connectivity index (χ0v) is 76.9. The van der Waals surface area contributed by atoms with Crippen LogP contribution in [-0.4, -0.2) is 347 Å². The molecule has 1 aromatic heterocycles. The number of phenols is 1. The molecule has 18 amide bonds. The minimum atomic E-state index is -1.80. The number of nitrogens with two attached hydrogens (primary N) is 3. The number of H-pyrrole nitrogens is 1.